The molecule has 2 saturated heterocycles. The lowest BCUT2D eigenvalue weighted by atomic mass is 10.0. The summed E-state index contributed by atoms with van der Waals surface area (Å²) in [7, 11) is 0. The van der Waals surface area contributed by atoms with E-state index in [1.165, 1.54) is 76.7 Å². The zero-order valence-electron chi connectivity index (χ0n) is 75.7. The number of hydrogen-bond acceptors (Lipinski definition) is 23. The van der Waals surface area contributed by atoms with Crippen molar-refractivity contribution in [2.24, 2.45) is 17.2 Å². The highest BCUT2D eigenvalue weighted by Gasteiger charge is 2.44. The summed E-state index contributed by atoms with van der Waals surface area (Å²) in [6.45, 7) is 0.664. The first-order valence-corrected chi connectivity index (χ1v) is 45.9. The number of para-hydroxylation sites is 1. The lowest BCUT2D eigenvalue weighted by Gasteiger charge is -2.31. The monoisotopic (exact) mass is 1850 g/mol. The van der Waals surface area contributed by atoms with Gasteiger partial charge in [0.2, 0.25) is 94.5 Å². The maximum atomic E-state index is 15.3. The number of guanidine groups is 1. The van der Waals surface area contributed by atoms with Crippen molar-refractivity contribution in [3.8, 4) is 0 Å². The Morgan fingerprint density at radius 1 is 0.568 bits per heavy atom. The summed E-state index contributed by atoms with van der Waals surface area (Å²) in [5.74, 6) is -15.0. The van der Waals surface area contributed by atoms with Gasteiger partial charge in [-0.25, -0.2) is 4.98 Å². The summed E-state index contributed by atoms with van der Waals surface area (Å²) >= 11 is 0. The molecule has 6 rings (SSSR count). The Morgan fingerprint density at radius 2 is 1.16 bits per heavy atom. The van der Waals surface area contributed by atoms with Crippen LogP contribution in [0.2, 0.25) is 0 Å². The number of imidazole rings is 1. The third kappa shape index (κ3) is 40.7. The summed E-state index contributed by atoms with van der Waals surface area (Å²) in [5, 5.41) is 76.8. The second-order valence-corrected chi connectivity index (χ2v) is 33.2. The molecule has 43 nitrogen and oxygen atoms in total. The number of benzene rings is 2. The van der Waals surface area contributed by atoms with Gasteiger partial charge in [0, 0.05) is 94.4 Å². The Hall–Kier alpha value is -12.2. The first-order valence-electron chi connectivity index (χ1n) is 45.9. The van der Waals surface area contributed by atoms with Crippen molar-refractivity contribution in [1.82, 2.24) is 94.3 Å². The van der Waals surface area contributed by atoms with Crippen LogP contribution in [0.25, 0.3) is 10.9 Å². The Bertz CT molecular complexity index is 4350. The molecule has 0 aliphatic carbocycles. The molecule has 0 spiro atoms. The fourth-order valence-electron chi connectivity index (χ4n) is 15.1. The smallest absolute Gasteiger partial charge is 0.246 e. The predicted octanol–water partition coefficient (Wildman–Crippen LogP) is -2.26. The van der Waals surface area contributed by atoms with Gasteiger partial charge in [0.15, 0.2) is 5.96 Å². The van der Waals surface area contributed by atoms with Crippen LogP contribution < -0.4 is 91.6 Å². The predicted molar refractivity (Wildman–Crippen MR) is 484 cm³/mol. The average molecular weight is 1850 g/mol. The number of amides is 16. The van der Waals surface area contributed by atoms with Gasteiger partial charge in [-0.2, -0.15) is 0 Å². The number of carbonyl (C=O) groups excluding carboxylic acids is 16. The van der Waals surface area contributed by atoms with Gasteiger partial charge >= 0.3 is 0 Å². The lowest BCUT2D eigenvalue weighted by Crippen LogP contribution is -2.61. The van der Waals surface area contributed by atoms with Crippen LogP contribution in [0.15, 0.2) is 73.3 Å². The average Bonchev–Trinajstić information content (AvgIpc) is 1.65. The van der Waals surface area contributed by atoms with Crippen LogP contribution in [0.4, 0.5) is 0 Å². The van der Waals surface area contributed by atoms with Crippen molar-refractivity contribution in [3.63, 3.8) is 0 Å². The van der Waals surface area contributed by atoms with E-state index in [0.29, 0.717) is 34.9 Å². The third-order valence-electron chi connectivity index (χ3n) is 22.5. The number of ether oxygens (including phenoxy) is 2. The van der Waals surface area contributed by atoms with Crippen molar-refractivity contribution in [2.45, 2.75) is 279 Å². The van der Waals surface area contributed by atoms with Crippen LogP contribution in [-0.2, 0) is 105 Å². The number of nitrogens with zero attached hydrogens (tertiary/aromatic N) is 2. The number of hydrogen-bond donors (Lipinski definition) is 23. The fraction of sp³-hybridized carbons (Fsp3) is 0.618. The normalized spacial score (nSPS) is 19.0. The van der Waals surface area contributed by atoms with E-state index >= 15 is 4.79 Å². The molecule has 4 heterocycles. The summed E-state index contributed by atoms with van der Waals surface area (Å²) in [4.78, 5) is 235. The van der Waals surface area contributed by atoms with Crippen molar-refractivity contribution >= 4 is 111 Å². The van der Waals surface area contributed by atoms with E-state index < -0.39 is 233 Å². The number of H-pyrrole nitrogens is 2. The molecule has 43 heteroatoms. The van der Waals surface area contributed by atoms with E-state index in [1.54, 1.807) is 61.7 Å². The molecule has 2 aliphatic rings. The molecule has 4 aromatic rings. The number of primary amides is 2. The first-order chi connectivity index (χ1) is 63.5. The standard InChI is InChI=1S/C89H138N22O21/c1-3-5-7-8-9-10-11-12-13-14-15-16-20-33-74(116)96-40-41-131-42-43-132-54-77(119)99-50-76(118)101-70(52-112)85(127)105-65(34-36-73(90)115)81(123)108-69(46-58-49-94-55-100-58)84(126)110-71(53-113)86(128)104-63(29-6-4-2)79(121)106-66-35-37-75(117)95-38-24-23-31-62(78(91)120)102-83(125)68(45-57-48-98-61-30-22-21-28-60(57)61)107-80(122)64(32-25-39-97-89(92)93)103-82(124)67(44-56-26-18-17-19-27-56)109-87(129)72-47-59(114)51-111(72)88(66)130/h17-19,21-22,26-28,30,48-49,55,59,62-72,98,112-114H,3-16,20,23-25,29,31-47,50-54H2,1-2H3,(H2,90,115)(H2,91,120)(H,94,100)(H,95,117)(H,96,116)(H,99,119)(H,101,118)(H,102,125)(H,103,124)(H,104,128)(H,105,127)(H,106,121)(H,107,122)(H,108,123)(H,109,129)(H,110,126)(H4,92,93,97)/t59-,62+,63+,64+,65+,66+,67-,68+,69+,70+,71+,72+/m1/s1. The molecule has 0 bridgehead atoms. The maximum absolute atomic E-state index is 15.3. The summed E-state index contributed by atoms with van der Waals surface area (Å²) in [6, 6.07) is -2.20. The molecule has 2 fully saturated rings. The molecule has 2 aromatic heterocycles. The number of nitrogens with two attached hydrogens (primary N) is 3. The maximum Gasteiger partial charge on any atom is 0.246 e. The minimum absolute atomic E-state index is 0.00817. The van der Waals surface area contributed by atoms with E-state index in [-0.39, 0.29) is 115 Å². The van der Waals surface area contributed by atoms with Gasteiger partial charge in [0.05, 0.1) is 57.7 Å². The highest BCUT2D eigenvalue weighted by molar-refractivity contribution is 6.01. The van der Waals surface area contributed by atoms with Gasteiger partial charge in [-0.1, -0.05) is 152 Å². The molecular formula is C89H138N22O21. The zero-order valence-corrected chi connectivity index (χ0v) is 75.7. The highest BCUT2D eigenvalue weighted by atomic mass is 16.5. The number of aliphatic hydroxyl groups is 3. The zero-order chi connectivity index (χ0) is 96.1. The van der Waals surface area contributed by atoms with Crippen LogP contribution in [0.3, 0.4) is 0 Å². The third-order valence-corrected chi connectivity index (χ3v) is 22.5. The van der Waals surface area contributed by atoms with Gasteiger partial charge in [0.1, 0.15) is 73.1 Å². The molecule has 730 valence electrons. The van der Waals surface area contributed by atoms with Gasteiger partial charge in [-0.3, -0.25) is 82.1 Å². The molecule has 0 unspecified atom stereocenters. The lowest BCUT2D eigenvalue weighted by molar-refractivity contribution is -0.143. The summed E-state index contributed by atoms with van der Waals surface area (Å²) in [6.07, 6.45) is 16.5. The summed E-state index contributed by atoms with van der Waals surface area (Å²) in [5.41, 5.74) is 18.9. The number of aromatic amines is 2. The van der Waals surface area contributed by atoms with Gasteiger partial charge < -0.3 is 131 Å². The van der Waals surface area contributed by atoms with E-state index in [9.17, 15) is 87.2 Å². The molecule has 12 atom stereocenters. The largest absolute Gasteiger partial charge is 0.394 e. The second-order valence-electron chi connectivity index (χ2n) is 33.2. The Kier molecular flexibility index (Phi) is 49.9. The number of carbonyl (C=O) groups is 16. The first kappa shape index (κ1) is 109. The van der Waals surface area contributed by atoms with Gasteiger partial charge in [-0.15, -0.1) is 0 Å². The highest BCUT2D eigenvalue weighted by Crippen LogP contribution is 2.24. The SMILES string of the molecule is CCCCCCCCCCCCCCCC(=O)NCCOCCOCC(=O)NCC(=O)N[C@@H](CO)C(=O)N[C@@H](CCC(N)=O)C(=O)N[C@@H](Cc1c[nH]cn1)C(=O)N[C@@H](CO)C(=O)N[C@@H](CCCC)C(=O)N[C@H]1CCC(=O)NCCCC[C@@H](C(N)=O)NC(=O)[C@H](Cc2c[nH]c3ccccc23)NC(=O)[C@H](CCCNC(=N)N)NC(=O)[C@@H](Cc2ccccc2)NC(=O)[C@@H]2C[C@@H](O)CN2C1=O. The molecule has 0 radical (unpaired) electrons. The minimum atomic E-state index is -1.92. The number of aromatic nitrogens is 3. The van der Waals surface area contributed by atoms with Gasteiger partial charge in [-0.05, 0) is 75.0 Å². The van der Waals surface area contributed by atoms with Crippen LogP contribution in [0, 0.1) is 5.41 Å². The molecule has 2 aromatic carbocycles. The van der Waals surface area contributed by atoms with Crippen molar-refractivity contribution < 1.29 is 102 Å². The van der Waals surface area contributed by atoms with E-state index in [4.69, 9.17) is 32.1 Å². The fourth-order valence-corrected chi connectivity index (χ4v) is 15.1. The van der Waals surface area contributed by atoms with Gasteiger partial charge in [0.25, 0.3) is 0 Å². The summed E-state index contributed by atoms with van der Waals surface area (Å²) < 4.78 is 10.8. The number of fused-ring (bicyclic) bond motifs is 2. The molecule has 26 N–H and O–H groups in total. The second kappa shape index (κ2) is 60.7. The van der Waals surface area contributed by atoms with E-state index in [0.717, 1.165) is 24.2 Å². The van der Waals surface area contributed by atoms with E-state index in [1.807, 2.05) is 6.07 Å². The van der Waals surface area contributed by atoms with Crippen molar-refractivity contribution in [1.29, 1.82) is 5.41 Å². The molecule has 0 saturated carbocycles. The Labute approximate surface area is 767 Å². The number of aliphatic hydroxyl groups excluding tert-OH is 3. The van der Waals surface area contributed by atoms with Crippen molar-refractivity contribution in [2.75, 3.05) is 72.4 Å². The van der Waals surface area contributed by atoms with Crippen molar-refractivity contribution in [3.05, 3.63) is 90.1 Å². The minimum Gasteiger partial charge on any atom is -0.394 e. The van der Waals surface area contributed by atoms with Crippen LogP contribution in [-0.4, -0.2) is 281 Å². The van der Waals surface area contributed by atoms with E-state index in [2.05, 4.69) is 96.3 Å². The van der Waals surface area contributed by atoms with Crippen LogP contribution in [0.1, 0.15) is 204 Å². The molecule has 2 aliphatic heterocycles. The Balaban J connectivity index is 1.11. The quantitative estimate of drug-likeness (QED) is 0.0126. The molecular weight excluding hydrogens is 1710 g/mol. The number of nitrogens with one attached hydrogen (secondary N) is 17. The van der Waals surface area contributed by atoms with Crippen LogP contribution >= 0.6 is 0 Å². The Morgan fingerprint density at radius 3 is 1.82 bits per heavy atom. The topological polar surface area (TPSA) is 670 Å². The molecule has 132 heavy (non-hydrogen) atoms. The number of rotatable bonds is 54. The van der Waals surface area contributed by atoms with Crippen LogP contribution in [0.5, 0.6) is 0 Å². The molecule has 16 amide bonds. The number of unbranched alkanes of at least 4 members (excludes halogenated alkanes) is 13.